The fraction of sp³-hybridized carbons (Fsp3) is 0.0909. The molecule has 0 saturated carbocycles. The van der Waals surface area contributed by atoms with Crippen molar-refractivity contribution in [2.45, 2.75) is 6.42 Å². The summed E-state index contributed by atoms with van der Waals surface area (Å²) in [6, 6.07) is 18.6. The minimum Gasteiger partial charge on any atom is -0.361 e. The largest absolute Gasteiger partial charge is 0.361 e. The summed E-state index contributed by atoms with van der Waals surface area (Å²) in [6.45, 7) is 0.553. The van der Waals surface area contributed by atoms with Gasteiger partial charge >= 0.3 is 0 Å². The Morgan fingerprint density at radius 3 is 2.54 bits per heavy atom. The lowest BCUT2D eigenvalue weighted by molar-refractivity contribution is 0.0953. The van der Waals surface area contributed by atoms with Crippen molar-refractivity contribution >= 4 is 39.7 Å². The van der Waals surface area contributed by atoms with Crippen LogP contribution in [0.5, 0.6) is 0 Å². The first kappa shape index (κ1) is 18.0. The molecule has 0 aliphatic rings. The van der Waals surface area contributed by atoms with Crippen LogP contribution in [0, 0.1) is 0 Å². The highest BCUT2D eigenvalue weighted by Gasteiger charge is 2.09. The molecule has 0 unspecified atom stereocenters. The molecular formula is C22H19N3O2S. The van der Waals surface area contributed by atoms with Gasteiger partial charge in [-0.3, -0.25) is 9.59 Å². The summed E-state index contributed by atoms with van der Waals surface area (Å²) < 4.78 is 0. The number of carbonyl (C=O) groups excluding carboxylic acids is 2. The number of anilines is 1. The Labute approximate surface area is 166 Å². The van der Waals surface area contributed by atoms with Crippen LogP contribution >= 0.6 is 11.3 Å². The second-order valence-corrected chi connectivity index (χ2v) is 7.32. The van der Waals surface area contributed by atoms with Gasteiger partial charge in [0.2, 0.25) is 0 Å². The number of hydrogen-bond acceptors (Lipinski definition) is 3. The van der Waals surface area contributed by atoms with Gasteiger partial charge in [0.1, 0.15) is 0 Å². The van der Waals surface area contributed by atoms with E-state index >= 15 is 0 Å². The number of hydrogen-bond donors (Lipinski definition) is 3. The Balaban J connectivity index is 1.31. The Hall–Kier alpha value is -3.38. The van der Waals surface area contributed by atoms with Crippen LogP contribution in [0.15, 0.2) is 72.2 Å². The number of carbonyl (C=O) groups is 2. The van der Waals surface area contributed by atoms with E-state index in [4.69, 9.17) is 0 Å². The first-order valence-corrected chi connectivity index (χ1v) is 9.87. The van der Waals surface area contributed by atoms with Gasteiger partial charge < -0.3 is 15.6 Å². The summed E-state index contributed by atoms with van der Waals surface area (Å²) >= 11 is 1.39. The molecule has 2 aromatic heterocycles. The monoisotopic (exact) mass is 389 g/mol. The molecule has 0 aliphatic carbocycles. The molecule has 2 heterocycles. The number of rotatable bonds is 6. The fourth-order valence-electron chi connectivity index (χ4n) is 3.06. The van der Waals surface area contributed by atoms with E-state index in [0.717, 1.165) is 11.9 Å². The van der Waals surface area contributed by atoms with E-state index in [1.807, 2.05) is 35.8 Å². The third-order valence-corrected chi connectivity index (χ3v) is 5.37. The summed E-state index contributed by atoms with van der Waals surface area (Å²) in [5.41, 5.74) is 3.51. The maximum absolute atomic E-state index is 12.4. The van der Waals surface area contributed by atoms with Crippen LogP contribution in [-0.4, -0.2) is 23.3 Å². The second-order valence-electron chi connectivity index (χ2n) is 6.37. The van der Waals surface area contributed by atoms with Gasteiger partial charge in [0.25, 0.3) is 11.8 Å². The lowest BCUT2D eigenvalue weighted by Gasteiger charge is -2.07. The Kier molecular flexibility index (Phi) is 5.21. The zero-order chi connectivity index (χ0) is 19.3. The van der Waals surface area contributed by atoms with Crippen molar-refractivity contribution in [1.82, 2.24) is 10.3 Å². The maximum atomic E-state index is 12.4. The molecule has 2 amide bonds. The van der Waals surface area contributed by atoms with Gasteiger partial charge in [0, 0.05) is 34.9 Å². The molecule has 0 bridgehead atoms. The SMILES string of the molecule is O=C(NCCc1c[nH]c2ccccc12)c1ccc(NC(=O)c2cccs2)cc1. The molecule has 28 heavy (non-hydrogen) atoms. The van der Waals surface area contributed by atoms with Gasteiger partial charge in [-0.25, -0.2) is 0 Å². The predicted molar refractivity (Wildman–Crippen MR) is 113 cm³/mol. The average molecular weight is 389 g/mol. The number of aromatic nitrogens is 1. The molecule has 4 aromatic rings. The minimum atomic E-state index is -0.147. The van der Waals surface area contributed by atoms with Gasteiger partial charge in [-0.05, 0) is 53.8 Å². The Morgan fingerprint density at radius 2 is 1.75 bits per heavy atom. The van der Waals surface area contributed by atoms with Crippen LogP contribution in [0.1, 0.15) is 25.6 Å². The number of benzene rings is 2. The number of amides is 2. The molecule has 0 saturated heterocycles. The van der Waals surface area contributed by atoms with Crippen molar-refractivity contribution in [2.24, 2.45) is 0 Å². The first-order chi connectivity index (χ1) is 13.7. The normalized spacial score (nSPS) is 10.7. The van der Waals surface area contributed by atoms with Gasteiger partial charge in [-0.2, -0.15) is 0 Å². The Morgan fingerprint density at radius 1 is 0.929 bits per heavy atom. The number of thiophene rings is 1. The molecule has 0 spiro atoms. The quantitative estimate of drug-likeness (QED) is 0.456. The van der Waals surface area contributed by atoms with E-state index in [1.54, 1.807) is 30.3 Å². The highest BCUT2D eigenvalue weighted by Crippen LogP contribution is 2.18. The van der Waals surface area contributed by atoms with Crippen molar-refractivity contribution in [3.05, 3.63) is 88.2 Å². The number of para-hydroxylation sites is 1. The third kappa shape index (κ3) is 3.97. The predicted octanol–water partition coefficient (Wildman–Crippen LogP) is 4.45. The smallest absolute Gasteiger partial charge is 0.265 e. The highest BCUT2D eigenvalue weighted by atomic mass is 32.1. The molecule has 0 radical (unpaired) electrons. The van der Waals surface area contributed by atoms with Crippen molar-refractivity contribution in [3.8, 4) is 0 Å². The lowest BCUT2D eigenvalue weighted by atomic mass is 10.1. The van der Waals surface area contributed by atoms with Crippen LogP contribution in [0.25, 0.3) is 10.9 Å². The lowest BCUT2D eigenvalue weighted by Crippen LogP contribution is -2.25. The molecule has 6 heteroatoms. The minimum absolute atomic E-state index is 0.129. The van der Waals surface area contributed by atoms with Crippen molar-refractivity contribution < 1.29 is 9.59 Å². The highest BCUT2D eigenvalue weighted by molar-refractivity contribution is 7.12. The molecular weight excluding hydrogens is 370 g/mol. The van der Waals surface area contributed by atoms with Crippen LogP contribution < -0.4 is 10.6 Å². The van der Waals surface area contributed by atoms with Gasteiger partial charge in [-0.15, -0.1) is 11.3 Å². The van der Waals surface area contributed by atoms with Crippen molar-refractivity contribution in [2.75, 3.05) is 11.9 Å². The number of H-pyrrole nitrogens is 1. The topological polar surface area (TPSA) is 74.0 Å². The first-order valence-electron chi connectivity index (χ1n) is 8.99. The summed E-state index contributed by atoms with van der Waals surface area (Å²) in [5, 5.41) is 8.81. The van der Waals surface area contributed by atoms with Crippen LogP contribution in [0.4, 0.5) is 5.69 Å². The van der Waals surface area contributed by atoms with E-state index in [-0.39, 0.29) is 11.8 Å². The van der Waals surface area contributed by atoms with E-state index in [0.29, 0.717) is 22.7 Å². The van der Waals surface area contributed by atoms with Crippen molar-refractivity contribution in [1.29, 1.82) is 0 Å². The van der Waals surface area contributed by atoms with E-state index in [9.17, 15) is 9.59 Å². The molecule has 0 fully saturated rings. The zero-order valence-electron chi connectivity index (χ0n) is 15.1. The zero-order valence-corrected chi connectivity index (χ0v) is 15.9. The van der Waals surface area contributed by atoms with E-state index in [2.05, 4.69) is 21.7 Å². The van der Waals surface area contributed by atoms with Crippen LogP contribution in [0.2, 0.25) is 0 Å². The third-order valence-electron chi connectivity index (χ3n) is 4.50. The van der Waals surface area contributed by atoms with Gasteiger partial charge in [0.15, 0.2) is 0 Å². The summed E-state index contributed by atoms with van der Waals surface area (Å²) in [6.07, 6.45) is 2.74. The standard InChI is InChI=1S/C22H19N3O2S/c26-21(23-12-11-16-14-24-19-5-2-1-4-18(16)19)15-7-9-17(10-8-15)25-22(27)20-6-3-13-28-20/h1-10,13-14,24H,11-12H2,(H,23,26)(H,25,27). The molecule has 5 nitrogen and oxygen atoms in total. The number of nitrogens with one attached hydrogen (secondary N) is 3. The number of aromatic amines is 1. The molecule has 0 atom stereocenters. The summed E-state index contributed by atoms with van der Waals surface area (Å²) in [7, 11) is 0. The Bertz CT molecular complexity index is 1100. The summed E-state index contributed by atoms with van der Waals surface area (Å²) in [5.74, 6) is -0.276. The molecule has 140 valence electrons. The second kappa shape index (κ2) is 8.10. The average Bonchev–Trinajstić information content (AvgIpc) is 3.39. The molecule has 4 rings (SSSR count). The maximum Gasteiger partial charge on any atom is 0.265 e. The van der Waals surface area contributed by atoms with E-state index in [1.165, 1.54) is 22.3 Å². The van der Waals surface area contributed by atoms with Crippen LogP contribution in [0.3, 0.4) is 0 Å². The molecule has 0 aliphatic heterocycles. The molecule has 3 N–H and O–H groups in total. The van der Waals surface area contributed by atoms with Crippen molar-refractivity contribution in [3.63, 3.8) is 0 Å². The van der Waals surface area contributed by atoms with Gasteiger partial charge in [0.05, 0.1) is 4.88 Å². The summed E-state index contributed by atoms with van der Waals surface area (Å²) in [4.78, 5) is 28.3. The molecule has 2 aromatic carbocycles. The van der Waals surface area contributed by atoms with E-state index < -0.39 is 0 Å². The van der Waals surface area contributed by atoms with Gasteiger partial charge in [-0.1, -0.05) is 24.3 Å². The van der Waals surface area contributed by atoms with Crippen LogP contribution in [-0.2, 0) is 6.42 Å². The number of fused-ring (bicyclic) bond motifs is 1. The fourth-order valence-corrected chi connectivity index (χ4v) is 3.68.